The highest BCUT2D eigenvalue weighted by Gasteiger charge is 2.05. The molecule has 0 atom stereocenters. The zero-order valence-electron chi connectivity index (χ0n) is 9.35. The Morgan fingerprint density at radius 3 is 2.59 bits per heavy atom. The molecule has 0 aliphatic heterocycles. The fourth-order valence-electron chi connectivity index (χ4n) is 1.48. The lowest BCUT2D eigenvalue weighted by Crippen LogP contribution is -2.02. The fraction of sp³-hybridized carbons (Fsp3) is 0.167. The van der Waals surface area contributed by atoms with Crippen molar-refractivity contribution in [3.63, 3.8) is 0 Å². The lowest BCUT2D eigenvalue weighted by Gasteiger charge is -2.05. The molecular formula is C12H12FN3O. The number of halogens is 1. The first kappa shape index (κ1) is 11.5. The van der Waals surface area contributed by atoms with E-state index in [1.807, 2.05) is 0 Å². The lowest BCUT2D eigenvalue weighted by atomic mass is 10.1. The highest BCUT2D eigenvalue weighted by Crippen LogP contribution is 2.19. The predicted octanol–water partition coefficient (Wildman–Crippen LogP) is 2.01. The van der Waals surface area contributed by atoms with E-state index < -0.39 is 0 Å². The first-order valence-electron chi connectivity index (χ1n) is 5.07. The molecule has 1 aromatic heterocycles. The Kier molecular flexibility index (Phi) is 3.30. The van der Waals surface area contributed by atoms with Gasteiger partial charge in [-0.05, 0) is 24.3 Å². The second kappa shape index (κ2) is 4.88. The second-order valence-electron chi connectivity index (χ2n) is 3.53. The summed E-state index contributed by atoms with van der Waals surface area (Å²) < 4.78 is 17.8. The highest BCUT2D eigenvalue weighted by molar-refractivity contribution is 5.61. The number of ether oxygens (including phenoxy) is 1. The van der Waals surface area contributed by atoms with Crippen molar-refractivity contribution in [3.8, 4) is 11.3 Å². The minimum absolute atomic E-state index is 0.284. The Labute approximate surface area is 98.3 Å². The van der Waals surface area contributed by atoms with Crippen LogP contribution in [-0.2, 0) is 11.3 Å². The van der Waals surface area contributed by atoms with E-state index in [0.29, 0.717) is 23.9 Å². The van der Waals surface area contributed by atoms with Crippen molar-refractivity contribution in [2.45, 2.75) is 6.61 Å². The number of hydrogen-bond donors (Lipinski definition) is 1. The van der Waals surface area contributed by atoms with Crippen molar-refractivity contribution < 1.29 is 9.13 Å². The molecule has 0 saturated carbocycles. The summed E-state index contributed by atoms with van der Waals surface area (Å²) in [6, 6.07) is 7.70. The first-order chi connectivity index (χ1) is 8.19. The van der Waals surface area contributed by atoms with E-state index >= 15 is 0 Å². The molecule has 0 aliphatic rings. The van der Waals surface area contributed by atoms with Gasteiger partial charge in [-0.2, -0.15) is 0 Å². The van der Waals surface area contributed by atoms with Gasteiger partial charge in [0.15, 0.2) is 5.82 Å². The lowest BCUT2D eigenvalue weighted by molar-refractivity contribution is 0.178. The van der Waals surface area contributed by atoms with Crippen LogP contribution in [0.25, 0.3) is 11.3 Å². The van der Waals surface area contributed by atoms with Crippen LogP contribution in [0.15, 0.2) is 30.3 Å². The highest BCUT2D eigenvalue weighted by atomic mass is 19.1. The van der Waals surface area contributed by atoms with E-state index in [4.69, 9.17) is 10.5 Å². The van der Waals surface area contributed by atoms with Gasteiger partial charge >= 0.3 is 0 Å². The molecule has 1 heterocycles. The third kappa shape index (κ3) is 2.76. The van der Waals surface area contributed by atoms with Gasteiger partial charge in [0.1, 0.15) is 18.2 Å². The molecule has 0 aliphatic carbocycles. The van der Waals surface area contributed by atoms with Crippen LogP contribution in [0.4, 0.5) is 10.2 Å². The molecule has 0 amide bonds. The molecule has 88 valence electrons. The van der Waals surface area contributed by atoms with Gasteiger partial charge in [-0.25, -0.2) is 14.4 Å². The maximum Gasteiger partial charge on any atom is 0.157 e. The van der Waals surface area contributed by atoms with E-state index in [1.165, 1.54) is 12.1 Å². The summed E-state index contributed by atoms with van der Waals surface area (Å²) in [5.74, 6) is 0.589. The summed E-state index contributed by atoms with van der Waals surface area (Å²) in [5, 5.41) is 0. The minimum Gasteiger partial charge on any atom is -0.384 e. The third-order valence-electron chi connectivity index (χ3n) is 2.21. The second-order valence-corrected chi connectivity index (χ2v) is 3.53. The van der Waals surface area contributed by atoms with E-state index in [0.717, 1.165) is 5.56 Å². The Bertz CT molecular complexity index is 514. The van der Waals surface area contributed by atoms with Crippen molar-refractivity contribution in [2.24, 2.45) is 0 Å². The number of nitrogens with two attached hydrogens (primary N) is 1. The number of hydrogen-bond acceptors (Lipinski definition) is 4. The van der Waals surface area contributed by atoms with Crippen molar-refractivity contribution in [2.75, 3.05) is 12.8 Å². The fourth-order valence-corrected chi connectivity index (χ4v) is 1.48. The molecule has 17 heavy (non-hydrogen) atoms. The number of anilines is 1. The smallest absolute Gasteiger partial charge is 0.157 e. The predicted molar refractivity (Wildman–Crippen MR) is 62.6 cm³/mol. The Balaban J connectivity index is 2.40. The zero-order valence-corrected chi connectivity index (χ0v) is 9.35. The van der Waals surface area contributed by atoms with E-state index in [-0.39, 0.29) is 5.82 Å². The molecule has 1 aromatic carbocycles. The number of methoxy groups -OCH3 is 1. The molecule has 0 fully saturated rings. The van der Waals surface area contributed by atoms with Crippen LogP contribution in [0.1, 0.15) is 5.82 Å². The van der Waals surface area contributed by atoms with Crippen molar-refractivity contribution >= 4 is 5.82 Å². The van der Waals surface area contributed by atoms with Crippen molar-refractivity contribution in [1.82, 2.24) is 9.97 Å². The zero-order chi connectivity index (χ0) is 12.3. The Morgan fingerprint density at radius 1 is 1.24 bits per heavy atom. The number of nitrogen functional groups attached to an aromatic ring is 1. The molecule has 0 unspecified atom stereocenters. The average molecular weight is 233 g/mol. The van der Waals surface area contributed by atoms with Gasteiger partial charge in [0.05, 0.1) is 5.69 Å². The normalized spacial score (nSPS) is 10.5. The molecule has 0 radical (unpaired) electrons. The molecular weight excluding hydrogens is 221 g/mol. The van der Waals surface area contributed by atoms with Crippen LogP contribution in [0.2, 0.25) is 0 Å². The molecule has 2 aromatic rings. The number of nitrogens with zero attached hydrogens (tertiary/aromatic N) is 2. The molecule has 5 heteroatoms. The molecule has 0 spiro atoms. The van der Waals surface area contributed by atoms with Crippen LogP contribution in [0, 0.1) is 5.82 Å². The monoisotopic (exact) mass is 233 g/mol. The Morgan fingerprint density at radius 2 is 1.94 bits per heavy atom. The van der Waals surface area contributed by atoms with Crippen molar-refractivity contribution in [3.05, 3.63) is 42.0 Å². The standard InChI is InChI=1S/C12H12FN3O/c1-17-7-12-15-10(6-11(14)16-12)8-2-4-9(13)5-3-8/h2-6H,7H2,1H3,(H2,14,15,16). The average Bonchev–Trinajstić information content (AvgIpc) is 2.29. The number of benzene rings is 1. The molecule has 2 N–H and O–H groups in total. The molecule has 0 bridgehead atoms. The quantitative estimate of drug-likeness (QED) is 0.880. The van der Waals surface area contributed by atoms with Gasteiger partial charge in [-0.15, -0.1) is 0 Å². The minimum atomic E-state index is -0.284. The molecule has 0 saturated heterocycles. The summed E-state index contributed by atoms with van der Waals surface area (Å²) in [7, 11) is 1.56. The number of rotatable bonds is 3. The van der Waals surface area contributed by atoms with Crippen LogP contribution in [-0.4, -0.2) is 17.1 Å². The Hall–Kier alpha value is -2.01. The summed E-state index contributed by atoms with van der Waals surface area (Å²) in [4.78, 5) is 8.32. The summed E-state index contributed by atoms with van der Waals surface area (Å²) in [5.41, 5.74) is 7.12. The topological polar surface area (TPSA) is 61.0 Å². The van der Waals surface area contributed by atoms with Crippen LogP contribution in [0.3, 0.4) is 0 Å². The van der Waals surface area contributed by atoms with Crippen molar-refractivity contribution in [1.29, 1.82) is 0 Å². The van der Waals surface area contributed by atoms with E-state index in [2.05, 4.69) is 9.97 Å². The van der Waals surface area contributed by atoms with Crippen LogP contribution < -0.4 is 5.73 Å². The largest absolute Gasteiger partial charge is 0.384 e. The first-order valence-corrected chi connectivity index (χ1v) is 5.07. The van der Waals surface area contributed by atoms with Gasteiger partial charge in [0, 0.05) is 18.7 Å². The SMILES string of the molecule is COCc1nc(N)cc(-c2ccc(F)cc2)n1. The maximum absolute atomic E-state index is 12.8. The molecule has 2 rings (SSSR count). The van der Waals surface area contributed by atoms with Gasteiger partial charge in [0.25, 0.3) is 0 Å². The summed E-state index contributed by atoms with van der Waals surface area (Å²) in [6.45, 7) is 0.291. The van der Waals surface area contributed by atoms with E-state index in [1.54, 1.807) is 25.3 Å². The van der Waals surface area contributed by atoms with Gasteiger partial charge in [-0.3, -0.25) is 0 Å². The number of aromatic nitrogens is 2. The molecule has 4 nitrogen and oxygen atoms in total. The van der Waals surface area contributed by atoms with E-state index in [9.17, 15) is 4.39 Å². The van der Waals surface area contributed by atoms with Gasteiger partial charge in [0.2, 0.25) is 0 Å². The maximum atomic E-state index is 12.8. The van der Waals surface area contributed by atoms with Gasteiger partial charge < -0.3 is 10.5 Å². The van der Waals surface area contributed by atoms with Crippen LogP contribution in [0.5, 0.6) is 0 Å². The van der Waals surface area contributed by atoms with Crippen LogP contribution >= 0.6 is 0 Å². The summed E-state index contributed by atoms with van der Waals surface area (Å²) >= 11 is 0. The summed E-state index contributed by atoms with van der Waals surface area (Å²) in [6.07, 6.45) is 0. The third-order valence-corrected chi connectivity index (χ3v) is 2.21. The van der Waals surface area contributed by atoms with Gasteiger partial charge in [-0.1, -0.05) is 0 Å².